The number of carbonyl (C=O) groups is 1. The van der Waals surface area contributed by atoms with Gasteiger partial charge in [0.2, 0.25) is 5.91 Å². The zero-order valence-corrected chi connectivity index (χ0v) is 19.7. The van der Waals surface area contributed by atoms with Crippen molar-refractivity contribution in [2.75, 3.05) is 10.8 Å². The highest BCUT2D eigenvalue weighted by atomic mass is 32.2. The molecule has 8 heteroatoms. The Kier molecular flexibility index (Phi) is 7.08. The summed E-state index contributed by atoms with van der Waals surface area (Å²) in [7, 11) is -3.93. The van der Waals surface area contributed by atoms with E-state index in [0.717, 1.165) is 16.8 Å². The fourth-order valence-corrected chi connectivity index (χ4v) is 5.14. The topological polar surface area (TPSA) is 84.3 Å². The molecule has 0 radical (unpaired) electrons. The second kappa shape index (κ2) is 10.4. The lowest BCUT2D eigenvalue weighted by Gasteiger charge is -2.26. The van der Waals surface area contributed by atoms with E-state index in [2.05, 4.69) is 10.3 Å². The number of para-hydroxylation sites is 1. The normalized spacial score (nSPS) is 11.2. The van der Waals surface area contributed by atoms with Gasteiger partial charge in [-0.3, -0.25) is 9.10 Å². The molecule has 1 amide bonds. The highest BCUT2D eigenvalue weighted by Gasteiger charge is 2.28. The summed E-state index contributed by atoms with van der Waals surface area (Å²) in [5, 5.41) is 2.85. The van der Waals surface area contributed by atoms with Crippen LogP contribution in [0.15, 0.2) is 102 Å². The van der Waals surface area contributed by atoms with Crippen LogP contribution in [0, 0.1) is 0 Å². The van der Waals surface area contributed by atoms with Crippen LogP contribution >= 0.6 is 0 Å². The van der Waals surface area contributed by atoms with Crippen LogP contribution in [0.1, 0.15) is 18.1 Å². The highest BCUT2D eigenvalue weighted by Crippen LogP contribution is 2.27. The number of carbonyl (C=O) groups excluding carboxylic acids is 1. The van der Waals surface area contributed by atoms with Crippen LogP contribution in [0.25, 0.3) is 5.69 Å². The molecule has 0 unspecified atom stereocenters. The van der Waals surface area contributed by atoms with Crippen LogP contribution in [0.5, 0.6) is 0 Å². The fourth-order valence-electron chi connectivity index (χ4n) is 3.66. The molecule has 3 aromatic carbocycles. The summed E-state index contributed by atoms with van der Waals surface area (Å²) < 4.78 is 30.1. The molecule has 4 rings (SSSR count). The first-order valence-corrected chi connectivity index (χ1v) is 12.4. The van der Waals surface area contributed by atoms with Crippen molar-refractivity contribution in [2.24, 2.45) is 0 Å². The third kappa shape index (κ3) is 5.18. The summed E-state index contributed by atoms with van der Waals surface area (Å²) in [4.78, 5) is 17.1. The molecule has 174 valence electrons. The van der Waals surface area contributed by atoms with E-state index in [0.29, 0.717) is 12.1 Å². The Labute approximate surface area is 199 Å². The quantitative estimate of drug-likeness (QED) is 0.398. The first-order chi connectivity index (χ1) is 16.5. The largest absolute Gasteiger partial charge is 0.350 e. The molecule has 0 aliphatic rings. The molecule has 0 bridgehead atoms. The van der Waals surface area contributed by atoms with Crippen LogP contribution in [-0.4, -0.2) is 30.4 Å². The lowest BCUT2D eigenvalue weighted by Crippen LogP contribution is -2.41. The minimum absolute atomic E-state index is 0.142. The lowest BCUT2D eigenvalue weighted by molar-refractivity contribution is -0.119. The van der Waals surface area contributed by atoms with Gasteiger partial charge in [0.25, 0.3) is 10.0 Å². The van der Waals surface area contributed by atoms with Gasteiger partial charge >= 0.3 is 0 Å². The Morgan fingerprint density at radius 3 is 2.35 bits per heavy atom. The van der Waals surface area contributed by atoms with Gasteiger partial charge in [0.15, 0.2) is 0 Å². The number of aryl methyl sites for hydroxylation is 1. The lowest BCUT2D eigenvalue weighted by atomic mass is 10.1. The van der Waals surface area contributed by atoms with E-state index in [1.165, 1.54) is 16.4 Å². The zero-order chi connectivity index (χ0) is 24.0. The van der Waals surface area contributed by atoms with Gasteiger partial charge in [0.1, 0.15) is 6.54 Å². The molecule has 0 aliphatic carbocycles. The molecule has 0 atom stereocenters. The maximum absolute atomic E-state index is 13.5. The van der Waals surface area contributed by atoms with E-state index in [1.54, 1.807) is 42.9 Å². The van der Waals surface area contributed by atoms with Crippen molar-refractivity contribution in [3.05, 3.63) is 109 Å². The third-order valence-electron chi connectivity index (χ3n) is 5.49. The van der Waals surface area contributed by atoms with Gasteiger partial charge in [-0.05, 0) is 47.9 Å². The van der Waals surface area contributed by atoms with E-state index in [1.807, 2.05) is 54.1 Å². The van der Waals surface area contributed by atoms with Crippen LogP contribution in [-0.2, 0) is 27.8 Å². The number of imidazole rings is 1. The Morgan fingerprint density at radius 1 is 0.971 bits per heavy atom. The molecule has 0 fully saturated rings. The van der Waals surface area contributed by atoms with Crippen molar-refractivity contribution in [2.45, 2.75) is 24.8 Å². The van der Waals surface area contributed by atoms with Crippen LogP contribution in [0.2, 0.25) is 0 Å². The average Bonchev–Trinajstić information content (AvgIpc) is 3.42. The van der Waals surface area contributed by atoms with E-state index < -0.39 is 10.0 Å². The second-order valence-electron chi connectivity index (χ2n) is 7.72. The number of benzene rings is 3. The number of hydrogen-bond donors (Lipinski definition) is 1. The molecule has 0 aliphatic heterocycles. The predicted molar refractivity (Wildman–Crippen MR) is 132 cm³/mol. The molecule has 4 aromatic rings. The molecule has 1 N–H and O–H groups in total. The number of hydrogen-bond acceptors (Lipinski definition) is 4. The van der Waals surface area contributed by atoms with Crippen molar-refractivity contribution in [3.8, 4) is 5.69 Å². The Balaban J connectivity index is 1.52. The monoisotopic (exact) mass is 474 g/mol. The van der Waals surface area contributed by atoms with Gasteiger partial charge in [-0.15, -0.1) is 0 Å². The van der Waals surface area contributed by atoms with Gasteiger partial charge in [-0.2, -0.15) is 0 Å². The Bertz CT molecular complexity index is 1340. The number of nitrogens with one attached hydrogen (secondary N) is 1. The maximum atomic E-state index is 13.5. The molecule has 7 nitrogen and oxygen atoms in total. The summed E-state index contributed by atoms with van der Waals surface area (Å²) in [5.74, 6) is -0.385. The Morgan fingerprint density at radius 2 is 1.68 bits per heavy atom. The van der Waals surface area contributed by atoms with Gasteiger partial charge in [0, 0.05) is 24.6 Å². The van der Waals surface area contributed by atoms with Crippen LogP contribution < -0.4 is 9.62 Å². The first kappa shape index (κ1) is 23.3. The summed E-state index contributed by atoms with van der Waals surface area (Å²) in [5.41, 5.74) is 3.23. The Hall–Kier alpha value is -3.91. The van der Waals surface area contributed by atoms with E-state index in [4.69, 9.17) is 0 Å². The predicted octanol–water partition coefficient (Wildman–Crippen LogP) is 3.95. The first-order valence-electron chi connectivity index (χ1n) is 11.0. The van der Waals surface area contributed by atoms with Crippen molar-refractivity contribution in [1.82, 2.24) is 14.9 Å². The summed E-state index contributed by atoms with van der Waals surface area (Å²) in [6.07, 6.45) is 5.92. The molecule has 1 aromatic heterocycles. The SMILES string of the molecule is CCc1ccccc1N(CC(=O)NCc1ccc(-n2ccnc2)cc1)S(=O)(=O)c1ccccc1. The maximum Gasteiger partial charge on any atom is 0.264 e. The van der Waals surface area contributed by atoms with E-state index >= 15 is 0 Å². The number of nitrogens with zero attached hydrogens (tertiary/aromatic N) is 3. The van der Waals surface area contributed by atoms with E-state index in [9.17, 15) is 13.2 Å². The highest BCUT2D eigenvalue weighted by molar-refractivity contribution is 7.92. The number of amides is 1. The minimum Gasteiger partial charge on any atom is -0.350 e. The van der Waals surface area contributed by atoms with Crippen molar-refractivity contribution in [3.63, 3.8) is 0 Å². The molecular formula is C26H26N4O3S. The number of sulfonamides is 1. The van der Waals surface area contributed by atoms with Crippen LogP contribution in [0.3, 0.4) is 0 Å². The summed E-state index contributed by atoms with van der Waals surface area (Å²) in [6.45, 7) is 1.93. The molecule has 34 heavy (non-hydrogen) atoms. The van der Waals surface area contributed by atoms with Crippen molar-refractivity contribution < 1.29 is 13.2 Å². The number of aromatic nitrogens is 2. The average molecular weight is 475 g/mol. The van der Waals surface area contributed by atoms with Gasteiger partial charge in [-0.25, -0.2) is 13.4 Å². The zero-order valence-electron chi connectivity index (χ0n) is 18.8. The van der Waals surface area contributed by atoms with Crippen molar-refractivity contribution in [1.29, 1.82) is 0 Å². The van der Waals surface area contributed by atoms with Crippen molar-refractivity contribution >= 4 is 21.6 Å². The number of anilines is 1. The van der Waals surface area contributed by atoms with Gasteiger partial charge in [-0.1, -0.05) is 55.5 Å². The smallest absolute Gasteiger partial charge is 0.264 e. The second-order valence-corrected chi connectivity index (χ2v) is 9.58. The molecule has 0 saturated heterocycles. The summed E-state index contributed by atoms with van der Waals surface area (Å²) in [6, 6.07) is 23.1. The standard InChI is InChI=1S/C26H26N4O3S/c1-2-22-8-6-7-11-25(22)30(34(32,33)24-9-4-3-5-10-24)19-26(31)28-18-21-12-14-23(15-13-21)29-17-16-27-20-29/h3-17,20H,2,18-19H2,1H3,(H,28,31). The molecular weight excluding hydrogens is 448 g/mol. The minimum atomic E-state index is -3.93. The summed E-state index contributed by atoms with van der Waals surface area (Å²) >= 11 is 0. The van der Waals surface area contributed by atoms with E-state index in [-0.39, 0.29) is 23.9 Å². The third-order valence-corrected chi connectivity index (χ3v) is 7.26. The fraction of sp³-hybridized carbons (Fsp3) is 0.154. The van der Waals surface area contributed by atoms with Crippen LogP contribution in [0.4, 0.5) is 5.69 Å². The molecule has 0 spiro atoms. The molecule has 0 saturated carbocycles. The van der Waals surface area contributed by atoms with Gasteiger partial charge < -0.3 is 9.88 Å². The molecule has 1 heterocycles. The number of rotatable bonds is 9. The van der Waals surface area contributed by atoms with Gasteiger partial charge in [0.05, 0.1) is 16.9 Å².